The number of aromatic carboxylic acids is 2. The van der Waals surface area contributed by atoms with Crippen molar-refractivity contribution in [3.63, 3.8) is 0 Å². The normalized spacial score (nSPS) is 9.28. The molecule has 0 unspecified atom stereocenters. The van der Waals surface area contributed by atoms with Crippen molar-refractivity contribution in [3.05, 3.63) is 90.0 Å². The van der Waals surface area contributed by atoms with E-state index in [1.165, 1.54) is 18.2 Å². The molecule has 0 amide bonds. The standard InChI is InChI=1S/C15H11O4.C5H5.Fe/c1-2-9-7-12(13(8-9)15(18)19)10-5-3-4-6-11(10)14(16)17;1-2-4-5-3-1;/h2-8H,1H2,(H,16,17)(H,18,19);1-5H;/q2*-1;+3/p-1. The molecule has 4 nitrogen and oxygen atoms in total. The molecule has 1 N–H and O–H groups in total. The van der Waals surface area contributed by atoms with Gasteiger partial charge in [-0.2, -0.15) is 18.2 Å². The fourth-order valence-corrected chi connectivity index (χ4v) is 2.26. The topological polar surface area (TPSA) is 77.4 Å². The Morgan fingerprint density at radius 1 is 1.16 bits per heavy atom. The van der Waals surface area contributed by atoms with Gasteiger partial charge in [0.1, 0.15) is 0 Å². The van der Waals surface area contributed by atoms with E-state index < -0.39 is 11.9 Å². The molecular formula is C20H15FeO4. The van der Waals surface area contributed by atoms with E-state index in [4.69, 9.17) is 5.11 Å². The Hall–Kier alpha value is -2.88. The first kappa shape index (κ1) is 20.2. The second-order valence-electron chi connectivity index (χ2n) is 4.92. The second kappa shape index (κ2) is 9.42. The Bertz CT molecular complexity index is 827. The van der Waals surface area contributed by atoms with E-state index in [2.05, 4.69) is 6.58 Å². The SMILES string of the molecule is C=Cc1cc(C(=O)O)[c-](-c2ccccc2C(=O)[O-])c1.[Fe+3].c1cc[cH-]c1. The van der Waals surface area contributed by atoms with E-state index in [9.17, 15) is 14.7 Å². The summed E-state index contributed by atoms with van der Waals surface area (Å²) in [4.78, 5) is 22.3. The van der Waals surface area contributed by atoms with Gasteiger partial charge < -0.3 is 15.0 Å². The van der Waals surface area contributed by atoms with Crippen LogP contribution in [0, 0.1) is 0 Å². The number of carbonyl (C=O) groups excluding carboxylic acids is 1. The summed E-state index contributed by atoms with van der Waals surface area (Å²) in [5, 5.41) is 20.2. The van der Waals surface area contributed by atoms with Gasteiger partial charge in [-0.1, -0.05) is 35.4 Å². The quantitative estimate of drug-likeness (QED) is 0.561. The monoisotopic (exact) mass is 375 g/mol. The van der Waals surface area contributed by atoms with Crippen molar-refractivity contribution in [2.75, 3.05) is 0 Å². The molecule has 1 radical (unpaired) electrons. The van der Waals surface area contributed by atoms with Crippen LogP contribution < -0.4 is 5.11 Å². The van der Waals surface area contributed by atoms with Crippen LogP contribution in [0.5, 0.6) is 0 Å². The van der Waals surface area contributed by atoms with E-state index in [1.807, 2.05) is 30.3 Å². The van der Waals surface area contributed by atoms with Crippen LogP contribution in [0.25, 0.3) is 17.2 Å². The van der Waals surface area contributed by atoms with Gasteiger partial charge in [-0.05, 0) is 11.1 Å². The van der Waals surface area contributed by atoms with Crippen LogP contribution in [0.15, 0.2) is 73.3 Å². The van der Waals surface area contributed by atoms with Gasteiger partial charge in [0, 0.05) is 5.97 Å². The molecule has 0 heterocycles. The molecule has 127 valence electrons. The minimum Gasteiger partial charge on any atom is -0.552 e. The third kappa shape index (κ3) is 5.04. The molecule has 0 aliphatic rings. The van der Waals surface area contributed by atoms with E-state index in [0.717, 1.165) is 0 Å². The molecule has 5 heteroatoms. The first-order chi connectivity index (χ1) is 11.5. The smallest absolute Gasteiger partial charge is 0.552 e. The predicted octanol–water partition coefficient (Wildman–Crippen LogP) is 3.18. The summed E-state index contributed by atoms with van der Waals surface area (Å²) in [6, 6.07) is 19.2. The van der Waals surface area contributed by atoms with Crippen molar-refractivity contribution in [2.45, 2.75) is 0 Å². The molecule has 0 bridgehead atoms. The summed E-state index contributed by atoms with van der Waals surface area (Å²) >= 11 is 0. The molecule has 3 aromatic carbocycles. The summed E-state index contributed by atoms with van der Waals surface area (Å²) in [6.07, 6.45) is 1.51. The average Bonchev–Trinajstić information content (AvgIpc) is 3.27. The first-order valence-corrected chi connectivity index (χ1v) is 7.18. The third-order valence-corrected chi connectivity index (χ3v) is 3.37. The molecule has 0 fully saturated rings. The molecule has 0 aromatic heterocycles. The summed E-state index contributed by atoms with van der Waals surface area (Å²) < 4.78 is 0. The van der Waals surface area contributed by atoms with Crippen LogP contribution in [-0.2, 0) is 17.1 Å². The molecule has 3 aromatic rings. The van der Waals surface area contributed by atoms with Crippen molar-refractivity contribution < 1.29 is 36.9 Å². The molecule has 0 spiro atoms. The van der Waals surface area contributed by atoms with E-state index in [1.54, 1.807) is 24.3 Å². The van der Waals surface area contributed by atoms with E-state index in [-0.39, 0.29) is 28.2 Å². The Labute approximate surface area is 156 Å². The minimum absolute atomic E-state index is 0. The Balaban J connectivity index is 0.000000448. The van der Waals surface area contributed by atoms with Crippen LogP contribution in [-0.4, -0.2) is 17.0 Å². The van der Waals surface area contributed by atoms with Crippen molar-refractivity contribution in [2.24, 2.45) is 0 Å². The van der Waals surface area contributed by atoms with Gasteiger partial charge in [0.2, 0.25) is 0 Å². The van der Waals surface area contributed by atoms with Gasteiger partial charge in [0.05, 0.1) is 0 Å². The predicted molar refractivity (Wildman–Crippen MR) is 90.9 cm³/mol. The number of carboxylic acid groups (broad SMARTS) is 2. The van der Waals surface area contributed by atoms with Crippen LogP contribution in [0.1, 0.15) is 26.3 Å². The molecule has 3 rings (SSSR count). The fourth-order valence-electron chi connectivity index (χ4n) is 2.26. The van der Waals surface area contributed by atoms with Gasteiger partial charge in [-0.25, -0.2) is 12.1 Å². The molecule has 0 aliphatic carbocycles. The third-order valence-electron chi connectivity index (χ3n) is 3.37. The van der Waals surface area contributed by atoms with Crippen LogP contribution >= 0.6 is 0 Å². The summed E-state index contributed by atoms with van der Waals surface area (Å²) in [5.41, 5.74) is 1.31. The maximum Gasteiger partial charge on any atom is 3.00 e. The van der Waals surface area contributed by atoms with E-state index >= 15 is 0 Å². The fraction of sp³-hybridized carbons (Fsp3) is 0. The Kier molecular flexibility index (Phi) is 7.60. The maximum atomic E-state index is 11.2. The van der Waals surface area contributed by atoms with Crippen LogP contribution in [0.2, 0.25) is 0 Å². The largest absolute Gasteiger partial charge is 3.00 e. The second-order valence-corrected chi connectivity index (χ2v) is 4.92. The van der Waals surface area contributed by atoms with Gasteiger partial charge >= 0.3 is 17.1 Å². The molecule has 0 atom stereocenters. The zero-order valence-electron chi connectivity index (χ0n) is 13.2. The number of hydrogen-bond donors (Lipinski definition) is 1. The molecular weight excluding hydrogens is 360 g/mol. The van der Waals surface area contributed by atoms with Crippen LogP contribution in [0.4, 0.5) is 0 Å². The zero-order chi connectivity index (χ0) is 17.5. The van der Waals surface area contributed by atoms with Gasteiger partial charge in [0.25, 0.3) is 5.97 Å². The summed E-state index contributed by atoms with van der Waals surface area (Å²) in [6.45, 7) is 3.57. The van der Waals surface area contributed by atoms with E-state index in [0.29, 0.717) is 16.7 Å². The molecule has 25 heavy (non-hydrogen) atoms. The van der Waals surface area contributed by atoms with Gasteiger partial charge in [-0.3, -0.25) is 4.79 Å². The summed E-state index contributed by atoms with van der Waals surface area (Å²) in [7, 11) is 0. The zero-order valence-corrected chi connectivity index (χ0v) is 14.3. The summed E-state index contributed by atoms with van der Waals surface area (Å²) in [5.74, 6) is -2.45. The number of carboxylic acids is 2. The van der Waals surface area contributed by atoms with Gasteiger partial charge in [-0.15, -0.1) is 30.3 Å². The first-order valence-electron chi connectivity index (χ1n) is 7.18. The number of carbonyl (C=O) groups is 2. The maximum absolute atomic E-state index is 11.2. The van der Waals surface area contributed by atoms with Crippen molar-refractivity contribution in [1.82, 2.24) is 0 Å². The molecule has 0 aliphatic heterocycles. The minimum atomic E-state index is -1.34. The number of hydrogen-bond acceptors (Lipinski definition) is 3. The van der Waals surface area contributed by atoms with Gasteiger partial charge in [0.15, 0.2) is 0 Å². The Morgan fingerprint density at radius 3 is 2.28 bits per heavy atom. The average molecular weight is 375 g/mol. The van der Waals surface area contributed by atoms with Crippen molar-refractivity contribution >= 4 is 18.0 Å². The Morgan fingerprint density at radius 2 is 1.80 bits per heavy atom. The molecule has 0 saturated heterocycles. The van der Waals surface area contributed by atoms with Crippen molar-refractivity contribution in [1.29, 1.82) is 0 Å². The van der Waals surface area contributed by atoms with Crippen molar-refractivity contribution in [3.8, 4) is 11.1 Å². The van der Waals surface area contributed by atoms with Crippen LogP contribution in [0.3, 0.4) is 0 Å². The molecule has 0 saturated carbocycles. The number of rotatable bonds is 4. The number of benzene rings is 1.